The average Bonchev–Trinajstić information content (AvgIpc) is 2.25. The molecule has 0 aromatic heterocycles. The quantitative estimate of drug-likeness (QED) is 0.673. The Labute approximate surface area is 86.5 Å². The molecule has 0 heterocycles. The number of benzene rings is 1. The summed E-state index contributed by atoms with van der Waals surface area (Å²) in [5.74, 6) is 0. The van der Waals surface area contributed by atoms with Crippen LogP contribution in [0, 0.1) is 0 Å². The van der Waals surface area contributed by atoms with E-state index in [-0.39, 0.29) is 0 Å². The van der Waals surface area contributed by atoms with E-state index in [0.717, 1.165) is 19.5 Å². The first kappa shape index (κ1) is 11.2. The monoisotopic (exact) mass is 192 g/mol. The lowest BCUT2D eigenvalue weighted by molar-refractivity contribution is 0.669. The summed E-state index contributed by atoms with van der Waals surface area (Å²) in [5.41, 5.74) is 8.30. The second-order valence-electron chi connectivity index (χ2n) is 3.47. The van der Waals surface area contributed by atoms with Gasteiger partial charge in [0.2, 0.25) is 0 Å². The van der Waals surface area contributed by atoms with E-state index in [0.29, 0.717) is 6.54 Å². The van der Waals surface area contributed by atoms with Gasteiger partial charge in [-0.1, -0.05) is 31.2 Å². The molecule has 0 fully saturated rings. The minimum absolute atomic E-state index is 0.643. The highest BCUT2D eigenvalue weighted by atomic mass is 14.8. The zero-order valence-corrected chi connectivity index (χ0v) is 8.92. The van der Waals surface area contributed by atoms with Gasteiger partial charge in [0.1, 0.15) is 0 Å². The van der Waals surface area contributed by atoms with E-state index < -0.39 is 0 Å². The molecule has 0 amide bonds. The lowest BCUT2D eigenvalue weighted by atomic mass is 10.0. The van der Waals surface area contributed by atoms with Crippen molar-refractivity contribution in [1.82, 2.24) is 5.32 Å². The summed E-state index contributed by atoms with van der Waals surface area (Å²) in [4.78, 5) is 0. The summed E-state index contributed by atoms with van der Waals surface area (Å²) in [6, 6.07) is 8.39. The summed E-state index contributed by atoms with van der Waals surface area (Å²) in [5, 5.41) is 3.39. The van der Waals surface area contributed by atoms with Gasteiger partial charge in [-0.15, -0.1) is 0 Å². The van der Waals surface area contributed by atoms with E-state index in [4.69, 9.17) is 5.73 Å². The van der Waals surface area contributed by atoms with Gasteiger partial charge >= 0.3 is 0 Å². The van der Waals surface area contributed by atoms with E-state index in [1.54, 1.807) is 0 Å². The van der Waals surface area contributed by atoms with E-state index in [1.165, 1.54) is 17.5 Å². The largest absolute Gasteiger partial charge is 0.326 e. The Morgan fingerprint density at radius 1 is 1.14 bits per heavy atom. The fraction of sp³-hybridized carbons (Fsp3) is 0.500. The SMILES string of the molecule is CCCNCCc1ccccc1CN. The molecule has 1 aromatic carbocycles. The topological polar surface area (TPSA) is 38.0 Å². The molecular formula is C12H20N2. The van der Waals surface area contributed by atoms with Gasteiger partial charge in [-0.05, 0) is 37.1 Å². The van der Waals surface area contributed by atoms with Crippen molar-refractivity contribution >= 4 is 0 Å². The molecule has 1 rings (SSSR count). The molecule has 1 aromatic rings. The molecule has 0 atom stereocenters. The molecule has 0 aliphatic heterocycles. The molecule has 14 heavy (non-hydrogen) atoms. The molecule has 0 saturated heterocycles. The molecular weight excluding hydrogens is 172 g/mol. The summed E-state index contributed by atoms with van der Waals surface area (Å²) in [6.07, 6.45) is 2.27. The third kappa shape index (κ3) is 3.48. The second kappa shape index (κ2) is 6.57. The standard InChI is InChI=1S/C12H20N2/c1-2-8-14-9-7-11-5-3-4-6-12(11)10-13/h3-6,14H,2,7-10,13H2,1H3. The van der Waals surface area contributed by atoms with Gasteiger partial charge in [-0.2, -0.15) is 0 Å². The third-order valence-corrected chi connectivity index (χ3v) is 2.34. The smallest absolute Gasteiger partial charge is 0.0180 e. The van der Waals surface area contributed by atoms with Crippen LogP contribution in [0.3, 0.4) is 0 Å². The van der Waals surface area contributed by atoms with Gasteiger partial charge in [0, 0.05) is 6.54 Å². The lowest BCUT2D eigenvalue weighted by Crippen LogP contribution is -2.18. The zero-order chi connectivity index (χ0) is 10.2. The average molecular weight is 192 g/mol. The normalized spacial score (nSPS) is 10.4. The molecule has 3 N–H and O–H groups in total. The molecule has 0 radical (unpaired) electrons. The first-order chi connectivity index (χ1) is 6.88. The van der Waals surface area contributed by atoms with Crippen LogP contribution < -0.4 is 11.1 Å². The van der Waals surface area contributed by atoms with Gasteiger partial charge in [-0.25, -0.2) is 0 Å². The van der Waals surface area contributed by atoms with Crippen molar-refractivity contribution in [3.05, 3.63) is 35.4 Å². The van der Waals surface area contributed by atoms with Gasteiger partial charge < -0.3 is 11.1 Å². The molecule has 0 unspecified atom stereocenters. The molecule has 0 aliphatic rings. The van der Waals surface area contributed by atoms with Crippen LogP contribution in [0.4, 0.5) is 0 Å². The Morgan fingerprint density at radius 3 is 2.50 bits per heavy atom. The van der Waals surface area contributed by atoms with Crippen molar-refractivity contribution in [3.8, 4) is 0 Å². The van der Waals surface area contributed by atoms with Crippen LogP contribution in [0.2, 0.25) is 0 Å². The van der Waals surface area contributed by atoms with Crippen LogP contribution in [0.5, 0.6) is 0 Å². The van der Waals surface area contributed by atoms with Crippen LogP contribution in [0.15, 0.2) is 24.3 Å². The Balaban J connectivity index is 2.41. The van der Waals surface area contributed by atoms with E-state index in [1.807, 2.05) is 6.07 Å². The third-order valence-electron chi connectivity index (χ3n) is 2.34. The van der Waals surface area contributed by atoms with Crippen molar-refractivity contribution < 1.29 is 0 Å². The van der Waals surface area contributed by atoms with Gasteiger partial charge in [-0.3, -0.25) is 0 Å². The first-order valence-corrected chi connectivity index (χ1v) is 5.36. The maximum Gasteiger partial charge on any atom is 0.0180 e. The first-order valence-electron chi connectivity index (χ1n) is 5.36. The number of hydrogen-bond donors (Lipinski definition) is 2. The number of hydrogen-bond acceptors (Lipinski definition) is 2. The van der Waals surface area contributed by atoms with E-state index >= 15 is 0 Å². The molecule has 0 saturated carbocycles. The van der Waals surface area contributed by atoms with Gasteiger partial charge in [0.05, 0.1) is 0 Å². The van der Waals surface area contributed by atoms with Crippen molar-refractivity contribution in [2.75, 3.05) is 13.1 Å². The van der Waals surface area contributed by atoms with Crippen LogP contribution in [0.1, 0.15) is 24.5 Å². The molecule has 78 valence electrons. The minimum atomic E-state index is 0.643. The molecule has 0 spiro atoms. The number of nitrogens with two attached hydrogens (primary N) is 1. The summed E-state index contributed by atoms with van der Waals surface area (Å²) >= 11 is 0. The molecule has 2 heteroatoms. The highest BCUT2D eigenvalue weighted by Crippen LogP contribution is 2.07. The number of rotatable bonds is 6. The van der Waals surface area contributed by atoms with Gasteiger partial charge in [0.25, 0.3) is 0 Å². The maximum atomic E-state index is 5.66. The summed E-state index contributed by atoms with van der Waals surface area (Å²) in [7, 11) is 0. The predicted octanol–water partition coefficient (Wildman–Crippen LogP) is 1.69. The Bertz CT molecular complexity index is 258. The Hall–Kier alpha value is -0.860. The molecule has 0 bridgehead atoms. The van der Waals surface area contributed by atoms with Crippen molar-refractivity contribution in [3.63, 3.8) is 0 Å². The Kier molecular flexibility index (Phi) is 5.27. The lowest BCUT2D eigenvalue weighted by Gasteiger charge is -2.07. The highest BCUT2D eigenvalue weighted by molar-refractivity contribution is 5.27. The second-order valence-corrected chi connectivity index (χ2v) is 3.47. The highest BCUT2D eigenvalue weighted by Gasteiger charge is 1.98. The minimum Gasteiger partial charge on any atom is -0.326 e. The molecule has 2 nitrogen and oxygen atoms in total. The zero-order valence-electron chi connectivity index (χ0n) is 8.92. The maximum absolute atomic E-state index is 5.66. The van der Waals surface area contributed by atoms with Crippen molar-refractivity contribution in [1.29, 1.82) is 0 Å². The van der Waals surface area contributed by atoms with Crippen molar-refractivity contribution in [2.45, 2.75) is 26.3 Å². The Morgan fingerprint density at radius 2 is 1.86 bits per heavy atom. The molecule has 0 aliphatic carbocycles. The fourth-order valence-electron chi connectivity index (χ4n) is 1.53. The van der Waals surface area contributed by atoms with E-state index in [2.05, 4.69) is 30.4 Å². The van der Waals surface area contributed by atoms with Crippen LogP contribution in [-0.4, -0.2) is 13.1 Å². The van der Waals surface area contributed by atoms with E-state index in [9.17, 15) is 0 Å². The predicted molar refractivity (Wildman–Crippen MR) is 61.2 cm³/mol. The summed E-state index contributed by atoms with van der Waals surface area (Å²) < 4.78 is 0. The number of nitrogens with one attached hydrogen (secondary N) is 1. The van der Waals surface area contributed by atoms with Crippen LogP contribution in [0.25, 0.3) is 0 Å². The van der Waals surface area contributed by atoms with Crippen molar-refractivity contribution in [2.24, 2.45) is 5.73 Å². The fourth-order valence-corrected chi connectivity index (χ4v) is 1.53. The van der Waals surface area contributed by atoms with Crippen LogP contribution >= 0.6 is 0 Å². The van der Waals surface area contributed by atoms with Crippen LogP contribution in [-0.2, 0) is 13.0 Å². The van der Waals surface area contributed by atoms with Gasteiger partial charge in [0.15, 0.2) is 0 Å². The summed E-state index contributed by atoms with van der Waals surface area (Å²) in [6.45, 7) is 4.97.